The molecule has 45 heavy (non-hydrogen) atoms. The summed E-state index contributed by atoms with van der Waals surface area (Å²) in [6.07, 6.45) is 4.23. The molecule has 8 heteroatoms. The fraction of sp³-hybridized carbons (Fsp3) is 0.459. The van der Waals surface area contributed by atoms with Gasteiger partial charge in [-0.05, 0) is 113 Å². The topological polar surface area (TPSA) is 91.3 Å². The van der Waals surface area contributed by atoms with Crippen molar-refractivity contribution >= 4 is 17.9 Å². The summed E-state index contributed by atoms with van der Waals surface area (Å²) in [7, 11) is 0. The third-order valence-corrected chi connectivity index (χ3v) is 8.70. The Balaban J connectivity index is 1.15. The first-order chi connectivity index (χ1) is 21.7. The first kappa shape index (κ1) is 32.4. The van der Waals surface area contributed by atoms with Gasteiger partial charge in [-0.3, -0.25) is 4.90 Å². The van der Waals surface area contributed by atoms with Crippen molar-refractivity contribution in [2.24, 2.45) is 5.92 Å². The van der Waals surface area contributed by atoms with Crippen LogP contribution in [-0.4, -0.2) is 66.6 Å². The summed E-state index contributed by atoms with van der Waals surface area (Å²) in [6.45, 7) is 9.59. The zero-order valence-corrected chi connectivity index (χ0v) is 26.8. The third-order valence-electron chi connectivity index (χ3n) is 8.70. The number of unbranched alkanes of at least 4 members (excludes halogenated alkanes) is 1. The van der Waals surface area contributed by atoms with Gasteiger partial charge in [-0.1, -0.05) is 54.6 Å². The van der Waals surface area contributed by atoms with Crippen LogP contribution in [0.2, 0.25) is 0 Å². The number of nitrogens with one attached hydrogen (secondary N) is 1. The van der Waals surface area contributed by atoms with Crippen molar-refractivity contribution in [1.82, 2.24) is 10.2 Å². The average molecular weight is 614 g/mol. The third kappa shape index (κ3) is 9.01. The van der Waals surface area contributed by atoms with Gasteiger partial charge in [-0.15, -0.1) is 0 Å². The van der Waals surface area contributed by atoms with Crippen LogP contribution in [0.25, 0.3) is 11.1 Å². The molecule has 3 aromatic carbocycles. The van der Waals surface area contributed by atoms with Crippen molar-refractivity contribution in [3.8, 4) is 16.9 Å². The number of fused-ring (bicyclic) bond motifs is 3. The van der Waals surface area contributed by atoms with Gasteiger partial charge in [0.25, 0.3) is 0 Å². The van der Waals surface area contributed by atoms with Gasteiger partial charge in [-0.2, -0.15) is 0 Å². The summed E-state index contributed by atoms with van der Waals surface area (Å²) in [5.74, 6) is 1.22. The lowest BCUT2D eigenvalue weighted by molar-refractivity contribution is 0.0528. The molecular weight excluding hydrogens is 566 g/mol. The molecule has 3 fully saturated rings. The molecule has 8 nitrogen and oxygen atoms in total. The molecule has 0 radical (unpaired) electrons. The fourth-order valence-electron chi connectivity index (χ4n) is 6.44. The molecule has 0 unspecified atom stereocenters. The Morgan fingerprint density at radius 2 is 1.64 bits per heavy atom. The van der Waals surface area contributed by atoms with Crippen molar-refractivity contribution in [3.63, 3.8) is 0 Å². The van der Waals surface area contributed by atoms with Gasteiger partial charge in [-0.25, -0.2) is 9.59 Å². The highest BCUT2D eigenvalue weighted by molar-refractivity contribution is 5.94. The number of hydrogen-bond acceptors (Lipinski definition) is 5. The molecule has 2 amide bonds. The maximum atomic E-state index is 12.8. The molecule has 6 rings (SSSR count). The Kier molecular flexibility index (Phi) is 10.7. The van der Waals surface area contributed by atoms with Gasteiger partial charge in [0.2, 0.25) is 0 Å². The summed E-state index contributed by atoms with van der Waals surface area (Å²) >= 11 is 0. The number of aryl methyl sites for hydroxylation is 1. The van der Waals surface area contributed by atoms with Crippen LogP contribution in [-0.2, 0) is 17.6 Å². The van der Waals surface area contributed by atoms with E-state index >= 15 is 0 Å². The van der Waals surface area contributed by atoms with Crippen LogP contribution in [0.15, 0.2) is 72.8 Å². The van der Waals surface area contributed by atoms with Crippen LogP contribution in [0.3, 0.4) is 0 Å². The molecule has 3 aromatic rings. The summed E-state index contributed by atoms with van der Waals surface area (Å²) in [4.78, 5) is 28.7. The molecule has 0 aromatic heterocycles. The molecule has 0 saturated carbocycles. The number of carboxylic acid groups (broad SMARTS) is 1. The molecule has 0 spiro atoms. The second kappa shape index (κ2) is 14.8. The van der Waals surface area contributed by atoms with E-state index in [1.54, 1.807) is 4.90 Å². The van der Waals surface area contributed by atoms with E-state index in [2.05, 4.69) is 40.5 Å². The zero-order chi connectivity index (χ0) is 31.8. The van der Waals surface area contributed by atoms with Crippen molar-refractivity contribution in [2.75, 3.05) is 37.7 Å². The maximum Gasteiger partial charge on any atom is 0.412 e. The van der Waals surface area contributed by atoms with Crippen molar-refractivity contribution in [1.29, 1.82) is 0 Å². The monoisotopic (exact) mass is 613 g/mol. The van der Waals surface area contributed by atoms with Crippen LogP contribution in [0.5, 0.6) is 5.75 Å². The number of carbonyl (C=O) groups is 2. The lowest BCUT2D eigenvalue weighted by atomic mass is 9.82. The Bertz CT molecular complexity index is 1410. The molecule has 3 saturated heterocycles. The van der Waals surface area contributed by atoms with Crippen molar-refractivity contribution < 1.29 is 24.2 Å². The van der Waals surface area contributed by atoms with Crippen LogP contribution in [0.4, 0.5) is 15.3 Å². The van der Waals surface area contributed by atoms with Crippen molar-refractivity contribution in [2.45, 2.75) is 70.9 Å². The zero-order valence-electron chi connectivity index (χ0n) is 26.8. The average Bonchev–Trinajstić information content (AvgIpc) is 3.02. The van der Waals surface area contributed by atoms with Gasteiger partial charge >= 0.3 is 12.2 Å². The quantitative estimate of drug-likeness (QED) is 0.207. The van der Waals surface area contributed by atoms with Crippen LogP contribution in [0, 0.1) is 5.92 Å². The van der Waals surface area contributed by atoms with E-state index in [-0.39, 0.29) is 6.04 Å². The molecule has 240 valence electrons. The molecule has 3 aliphatic rings. The van der Waals surface area contributed by atoms with Gasteiger partial charge < -0.3 is 24.8 Å². The van der Waals surface area contributed by atoms with Gasteiger partial charge in [0.1, 0.15) is 11.4 Å². The van der Waals surface area contributed by atoms with E-state index in [0.717, 1.165) is 85.4 Å². The van der Waals surface area contributed by atoms with E-state index in [1.807, 2.05) is 63.2 Å². The standard InChI is InChI=1S/C37H47N3O5/c1-37(2,3)45-35(41)38-21-18-27-12-15-31(16-13-27)44-24-8-7-9-28-14-17-32(29-10-5-4-6-11-29)33(25-28)40(36(42)43)34-26-39-22-19-30(34)20-23-39/h4-6,10-17,25,30,34H,7-9,18-24,26H2,1-3H3,(H,38,41)(H,42,43)/t34-/m0/s1. The first-order valence-electron chi connectivity index (χ1n) is 16.3. The second-order valence-electron chi connectivity index (χ2n) is 13.2. The molecule has 2 N–H and O–H groups in total. The number of hydrogen-bond donors (Lipinski definition) is 2. The normalized spacial score (nSPS) is 19.1. The van der Waals surface area contributed by atoms with Gasteiger partial charge in [0.15, 0.2) is 0 Å². The Hall–Kier alpha value is -4.04. The van der Waals surface area contributed by atoms with E-state index in [9.17, 15) is 14.7 Å². The SMILES string of the molecule is CC(C)(C)OC(=O)NCCc1ccc(OCCCCc2ccc(-c3ccccc3)c(N(C(=O)O)[C@H]3CN4CCC3CC4)c2)cc1. The highest BCUT2D eigenvalue weighted by Crippen LogP contribution is 2.39. The van der Waals surface area contributed by atoms with Crippen LogP contribution < -0.4 is 15.0 Å². The predicted molar refractivity (Wildman–Crippen MR) is 178 cm³/mol. The summed E-state index contributed by atoms with van der Waals surface area (Å²) < 4.78 is 11.3. The van der Waals surface area contributed by atoms with E-state index in [0.29, 0.717) is 25.5 Å². The Labute approximate surface area is 267 Å². The summed E-state index contributed by atoms with van der Waals surface area (Å²) in [5.41, 5.74) is 4.54. The van der Waals surface area contributed by atoms with E-state index < -0.39 is 17.8 Å². The first-order valence-corrected chi connectivity index (χ1v) is 16.3. The highest BCUT2D eigenvalue weighted by Gasteiger charge is 2.40. The van der Waals surface area contributed by atoms with E-state index in [4.69, 9.17) is 9.47 Å². The molecule has 0 aliphatic carbocycles. The lowest BCUT2D eigenvalue weighted by Crippen LogP contribution is -2.59. The number of ether oxygens (including phenoxy) is 2. The lowest BCUT2D eigenvalue weighted by Gasteiger charge is -2.48. The smallest absolute Gasteiger partial charge is 0.412 e. The number of amides is 2. The largest absolute Gasteiger partial charge is 0.494 e. The van der Waals surface area contributed by atoms with Crippen molar-refractivity contribution in [3.05, 3.63) is 83.9 Å². The number of piperidine rings is 3. The molecule has 2 bridgehead atoms. The number of alkyl carbamates (subject to hydrolysis) is 1. The fourth-order valence-corrected chi connectivity index (χ4v) is 6.44. The number of benzene rings is 3. The number of carbonyl (C=O) groups excluding carboxylic acids is 1. The van der Waals surface area contributed by atoms with Crippen LogP contribution >= 0.6 is 0 Å². The van der Waals surface area contributed by atoms with Gasteiger partial charge in [0, 0.05) is 18.7 Å². The minimum absolute atomic E-state index is 0.0243. The molecular formula is C37H47N3O5. The minimum Gasteiger partial charge on any atom is -0.494 e. The number of rotatable bonds is 12. The second-order valence-corrected chi connectivity index (χ2v) is 13.2. The molecule has 1 atom stereocenters. The molecule has 3 aliphatic heterocycles. The minimum atomic E-state index is -0.873. The van der Waals surface area contributed by atoms with Gasteiger partial charge in [0.05, 0.1) is 18.3 Å². The molecule has 3 heterocycles. The number of anilines is 1. The predicted octanol–water partition coefficient (Wildman–Crippen LogP) is 7.40. The Morgan fingerprint density at radius 1 is 0.933 bits per heavy atom. The highest BCUT2D eigenvalue weighted by atomic mass is 16.6. The van der Waals surface area contributed by atoms with E-state index in [1.165, 1.54) is 0 Å². The maximum absolute atomic E-state index is 12.8. The Morgan fingerprint density at radius 3 is 2.29 bits per heavy atom. The number of nitrogens with zero attached hydrogens (tertiary/aromatic N) is 2. The summed E-state index contributed by atoms with van der Waals surface area (Å²) in [6, 6.07) is 24.4. The van der Waals surface area contributed by atoms with Crippen LogP contribution in [0.1, 0.15) is 57.6 Å². The summed E-state index contributed by atoms with van der Waals surface area (Å²) in [5, 5.41) is 13.3.